The maximum Gasteiger partial charge on any atom is 0.251 e. The molecule has 2 aromatic carbocycles. The van der Waals surface area contributed by atoms with Crippen LogP contribution < -0.4 is 5.32 Å². The summed E-state index contributed by atoms with van der Waals surface area (Å²) in [5.41, 5.74) is 2.47. The number of sulfonamides is 1. The van der Waals surface area contributed by atoms with Gasteiger partial charge in [0.15, 0.2) is 0 Å². The van der Waals surface area contributed by atoms with E-state index in [1.807, 2.05) is 19.1 Å². The lowest BCUT2D eigenvalue weighted by molar-refractivity contribution is 0.0927. The van der Waals surface area contributed by atoms with Crippen molar-refractivity contribution in [1.29, 1.82) is 0 Å². The van der Waals surface area contributed by atoms with Crippen molar-refractivity contribution in [2.24, 2.45) is 0 Å². The molecule has 1 aliphatic rings. The lowest BCUT2D eigenvalue weighted by Gasteiger charge is -2.22. The van der Waals surface area contributed by atoms with E-state index in [-0.39, 0.29) is 23.4 Å². The van der Waals surface area contributed by atoms with Crippen LogP contribution in [0.4, 0.5) is 0 Å². The Morgan fingerprint density at radius 2 is 1.61 bits per heavy atom. The van der Waals surface area contributed by atoms with Gasteiger partial charge in [-0.05, 0) is 49.6 Å². The minimum atomic E-state index is -3.55. The monoisotopic (exact) mass is 400 g/mol. The number of hydrogen-bond acceptors (Lipinski definition) is 3. The molecule has 6 heteroatoms. The number of hydrogen-bond donors (Lipinski definition) is 1. The molecule has 1 amide bonds. The molecule has 0 aliphatic heterocycles. The lowest BCUT2D eigenvalue weighted by Crippen LogP contribution is -2.36. The number of amides is 1. The zero-order valence-electron chi connectivity index (χ0n) is 16.5. The third-order valence-corrected chi connectivity index (χ3v) is 7.11. The van der Waals surface area contributed by atoms with Gasteiger partial charge in [-0.3, -0.25) is 4.79 Å². The van der Waals surface area contributed by atoms with Crippen molar-refractivity contribution < 1.29 is 13.2 Å². The Morgan fingerprint density at radius 1 is 1.00 bits per heavy atom. The van der Waals surface area contributed by atoms with Gasteiger partial charge in [-0.2, -0.15) is 4.31 Å². The molecule has 0 atom stereocenters. The third-order valence-electron chi connectivity index (χ3n) is 5.29. The van der Waals surface area contributed by atoms with Crippen molar-refractivity contribution in [3.63, 3.8) is 0 Å². The Morgan fingerprint density at radius 3 is 2.21 bits per heavy atom. The van der Waals surface area contributed by atoms with Gasteiger partial charge in [-0.1, -0.05) is 49.1 Å². The second-order valence-corrected chi connectivity index (χ2v) is 9.62. The van der Waals surface area contributed by atoms with Crippen molar-refractivity contribution >= 4 is 15.9 Å². The van der Waals surface area contributed by atoms with Crippen LogP contribution >= 0.6 is 0 Å². The van der Waals surface area contributed by atoms with Crippen LogP contribution in [0.25, 0.3) is 0 Å². The molecule has 1 fully saturated rings. The predicted octanol–water partition coefficient (Wildman–Crippen LogP) is 3.88. The fourth-order valence-electron chi connectivity index (χ4n) is 3.51. The number of aryl methyl sites for hydroxylation is 1. The lowest BCUT2D eigenvalue weighted by atomic mass is 9.95. The highest BCUT2D eigenvalue weighted by atomic mass is 32.2. The maximum atomic E-state index is 12.7. The molecule has 0 unspecified atom stereocenters. The summed E-state index contributed by atoms with van der Waals surface area (Å²) < 4.78 is 26.7. The minimum Gasteiger partial charge on any atom is -0.349 e. The molecule has 0 radical (unpaired) electrons. The maximum absolute atomic E-state index is 12.7. The van der Waals surface area contributed by atoms with Crippen LogP contribution in [-0.4, -0.2) is 31.7 Å². The van der Waals surface area contributed by atoms with Gasteiger partial charge in [0.1, 0.15) is 0 Å². The van der Waals surface area contributed by atoms with Crippen LogP contribution in [0.1, 0.15) is 53.6 Å². The highest BCUT2D eigenvalue weighted by Gasteiger charge is 2.21. The average molecular weight is 401 g/mol. The standard InChI is InChI=1S/C22H28N2O3S/c1-17-8-14-21(15-9-17)28(26,27)24(2)16-18-10-12-19(13-11-18)22(25)23-20-6-4-3-5-7-20/h8-15,20H,3-7,16H2,1-2H3,(H,23,25). The van der Waals surface area contributed by atoms with Gasteiger partial charge in [0.2, 0.25) is 10.0 Å². The number of carbonyl (C=O) groups excluding carboxylic acids is 1. The summed E-state index contributed by atoms with van der Waals surface area (Å²) in [7, 11) is -1.98. The fraction of sp³-hybridized carbons (Fsp3) is 0.409. The quantitative estimate of drug-likeness (QED) is 0.800. The highest BCUT2D eigenvalue weighted by Crippen LogP contribution is 2.19. The fourth-order valence-corrected chi connectivity index (χ4v) is 4.67. The van der Waals surface area contributed by atoms with Gasteiger partial charge in [0.05, 0.1) is 4.90 Å². The summed E-state index contributed by atoms with van der Waals surface area (Å²) in [6, 6.07) is 14.3. The largest absolute Gasteiger partial charge is 0.349 e. The first-order valence-corrected chi connectivity index (χ1v) is 11.2. The Hall–Kier alpha value is -2.18. The Kier molecular flexibility index (Phi) is 6.52. The van der Waals surface area contributed by atoms with Gasteiger partial charge >= 0.3 is 0 Å². The van der Waals surface area contributed by atoms with E-state index in [2.05, 4.69) is 5.32 Å². The number of nitrogens with zero attached hydrogens (tertiary/aromatic N) is 1. The van der Waals surface area contributed by atoms with Crippen molar-refractivity contribution in [3.8, 4) is 0 Å². The normalized spacial score (nSPS) is 15.5. The average Bonchev–Trinajstić information content (AvgIpc) is 2.69. The van der Waals surface area contributed by atoms with E-state index in [1.54, 1.807) is 43.4 Å². The van der Waals surface area contributed by atoms with Gasteiger partial charge < -0.3 is 5.32 Å². The summed E-state index contributed by atoms with van der Waals surface area (Å²) in [4.78, 5) is 12.7. The van der Waals surface area contributed by atoms with Crippen LogP contribution in [0.3, 0.4) is 0 Å². The van der Waals surface area contributed by atoms with Crippen LogP contribution in [0, 0.1) is 6.92 Å². The van der Waals surface area contributed by atoms with E-state index in [4.69, 9.17) is 0 Å². The third kappa shape index (κ3) is 5.00. The summed E-state index contributed by atoms with van der Waals surface area (Å²) in [6.45, 7) is 2.17. The molecule has 1 aliphatic carbocycles. The van der Waals surface area contributed by atoms with E-state index < -0.39 is 10.0 Å². The predicted molar refractivity (Wildman–Crippen MR) is 111 cm³/mol. The van der Waals surface area contributed by atoms with Gasteiger partial charge in [0, 0.05) is 25.2 Å². The zero-order valence-corrected chi connectivity index (χ0v) is 17.3. The second-order valence-electron chi connectivity index (χ2n) is 7.58. The first-order chi connectivity index (χ1) is 13.4. The SMILES string of the molecule is Cc1ccc(S(=O)(=O)N(C)Cc2ccc(C(=O)NC3CCCCC3)cc2)cc1. The molecule has 0 saturated heterocycles. The molecule has 28 heavy (non-hydrogen) atoms. The second kappa shape index (κ2) is 8.88. The minimum absolute atomic E-state index is 0.0564. The van der Waals surface area contributed by atoms with Crippen molar-refractivity contribution in [2.45, 2.75) is 56.5 Å². The van der Waals surface area contributed by atoms with Gasteiger partial charge in [-0.15, -0.1) is 0 Å². The molecule has 0 aromatic heterocycles. The van der Waals surface area contributed by atoms with Crippen LogP contribution in [0.2, 0.25) is 0 Å². The Labute approximate surface area is 167 Å². The summed E-state index contributed by atoms with van der Waals surface area (Å²) >= 11 is 0. The molecule has 2 aromatic rings. The summed E-state index contributed by atoms with van der Waals surface area (Å²) in [5.74, 6) is -0.0564. The first-order valence-electron chi connectivity index (χ1n) is 9.79. The van der Waals surface area contributed by atoms with Crippen LogP contribution in [-0.2, 0) is 16.6 Å². The Balaban J connectivity index is 1.63. The molecule has 5 nitrogen and oxygen atoms in total. The van der Waals surface area contributed by atoms with E-state index in [9.17, 15) is 13.2 Å². The first kappa shape index (κ1) is 20.6. The summed E-state index contributed by atoms with van der Waals surface area (Å²) in [5, 5.41) is 3.10. The number of benzene rings is 2. The van der Waals surface area contributed by atoms with E-state index in [0.717, 1.165) is 24.0 Å². The van der Waals surface area contributed by atoms with Gasteiger partial charge in [-0.25, -0.2) is 8.42 Å². The van der Waals surface area contributed by atoms with Crippen molar-refractivity contribution in [2.75, 3.05) is 7.05 Å². The number of carbonyl (C=O) groups is 1. The number of nitrogens with one attached hydrogen (secondary N) is 1. The molecule has 0 bridgehead atoms. The van der Waals surface area contributed by atoms with E-state index >= 15 is 0 Å². The number of rotatable bonds is 6. The smallest absolute Gasteiger partial charge is 0.251 e. The molecule has 3 rings (SSSR count). The molecule has 150 valence electrons. The molecule has 1 N–H and O–H groups in total. The molecule has 0 spiro atoms. The molecular formula is C22H28N2O3S. The molecular weight excluding hydrogens is 372 g/mol. The van der Waals surface area contributed by atoms with Gasteiger partial charge in [0.25, 0.3) is 5.91 Å². The molecule has 0 heterocycles. The molecule has 1 saturated carbocycles. The van der Waals surface area contributed by atoms with Crippen molar-refractivity contribution in [3.05, 3.63) is 65.2 Å². The Bertz CT molecular complexity index is 900. The zero-order chi connectivity index (χ0) is 20.1. The van der Waals surface area contributed by atoms with Crippen molar-refractivity contribution in [1.82, 2.24) is 9.62 Å². The van der Waals surface area contributed by atoms with E-state index in [1.165, 1.54) is 23.6 Å². The van der Waals surface area contributed by atoms with Crippen LogP contribution in [0.15, 0.2) is 53.4 Å². The topological polar surface area (TPSA) is 66.5 Å². The highest BCUT2D eigenvalue weighted by molar-refractivity contribution is 7.89. The summed E-state index contributed by atoms with van der Waals surface area (Å²) in [6.07, 6.45) is 5.69. The van der Waals surface area contributed by atoms with Crippen LogP contribution in [0.5, 0.6) is 0 Å². The van der Waals surface area contributed by atoms with E-state index in [0.29, 0.717) is 5.56 Å².